The highest BCUT2D eigenvalue weighted by molar-refractivity contribution is 9.10. The van der Waals surface area contributed by atoms with E-state index in [1.165, 1.54) is 11.1 Å². The van der Waals surface area contributed by atoms with E-state index in [1.807, 2.05) is 24.3 Å². The van der Waals surface area contributed by atoms with Gasteiger partial charge in [-0.05, 0) is 48.2 Å². The topological polar surface area (TPSA) is 47.3 Å². The molecule has 0 aliphatic carbocycles. The minimum absolute atomic E-state index is 0.0550. The van der Waals surface area contributed by atoms with Gasteiger partial charge >= 0.3 is 0 Å². The number of benzene rings is 2. The number of nitrogens with one attached hydrogen (secondary N) is 1. The predicted octanol–water partition coefficient (Wildman–Crippen LogP) is 3.51. The summed E-state index contributed by atoms with van der Waals surface area (Å²) >= 11 is 3.50. The van der Waals surface area contributed by atoms with E-state index in [9.17, 15) is 0 Å². The van der Waals surface area contributed by atoms with Crippen LogP contribution in [0.3, 0.4) is 0 Å². The Bertz CT molecular complexity index is 586. The van der Waals surface area contributed by atoms with Gasteiger partial charge in [0.1, 0.15) is 5.75 Å². The Balaban J connectivity index is 2.31. The zero-order chi connectivity index (χ0) is 14.5. The highest BCUT2D eigenvalue weighted by Crippen LogP contribution is 2.28. The Morgan fingerprint density at radius 2 is 2.00 bits per heavy atom. The summed E-state index contributed by atoms with van der Waals surface area (Å²) in [6, 6.07) is 14.3. The van der Waals surface area contributed by atoms with Crippen LogP contribution in [0.5, 0.6) is 5.75 Å². The molecule has 3 N–H and O–H groups in total. The van der Waals surface area contributed by atoms with E-state index >= 15 is 0 Å². The van der Waals surface area contributed by atoms with Crippen molar-refractivity contribution < 1.29 is 4.74 Å². The summed E-state index contributed by atoms with van der Waals surface area (Å²) in [7, 11) is 1.69. The van der Waals surface area contributed by atoms with Crippen molar-refractivity contribution in [3.8, 4) is 5.75 Å². The van der Waals surface area contributed by atoms with Crippen molar-refractivity contribution >= 4 is 15.9 Å². The molecule has 0 heterocycles. The molecular formula is C16H19BrN2O. The SMILES string of the molecule is COc1ccc(Br)cc1CC(NN)c1ccccc1C. The molecule has 0 radical (unpaired) electrons. The standard InChI is InChI=1S/C16H19BrN2O/c1-11-5-3-4-6-14(11)15(19-18)10-12-9-13(17)7-8-16(12)20-2/h3-9,15,19H,10,18H2,1-2H3. The van der Waals surface area contributed by atoms with E-state index < -0.39 is 0 Å². The first-order valence-electron chi connectivity index (χ1n) is 6.49. The van der Waals surface area contributed by atoms with Gasteiger partial charge in [0, 0.05) is 4.47 Å². The van der Waals surface area contributed by atoms with Crippen LogP contribution in [0, 0.1) is 6.92 Å². The van der Waals surface area contributed by atoms with Crippen molar-refractivity contribution in [3.05, 3.63) is 63.6 Å². The molecule has 1 unspecified atom stereocenters. The second kappa shape index (κ2) is 6.88. The molecule has 0 aliphatic rings. The summed E-state index contributed by atoms with van der Waals surface area (Å²) in [6.07, 6.45) is 0.768. The minimum Gasteiger partial charge on any atom is -0.496 e. The Labute approximate surface area is 128 Å². The van der Waals surface area contributed by atoms with Crippen LogP contribution in [-0.4, -0.2) is 7.11 Å². The second-order valence-corrected chi connectivity index (χ2v) is 5.65. The van der Waals surface area contributed by atoms with Gasteiger partial charge in [-0.1, -0.05) is 40.2 Å². The van der Waals surface area contributed by atoms with E-state index in [4.69, 9.17) is 10.6 Å². The van der Waals surface area contributed by atoms with Gasteiger partial charge in [-0.2, -0.15) is 0 Å². The van der Waals surface area contributed by atoms with E-state index in [0.717, 1.165) is 22.2 Å². The smallest absolute Gasteiger partial charge is 0.122 e. The van der Waals surface area contributed by atoms with Crippen molar-refractivity contribution in [2.24, 2.45) is 5.84 Å². The van der Waals surface area contributed by atoms with E-state index in [-0.39, 0.29) is 6.04 Å². The van der Waals surface area contributed by atoms with Gasteiger partial charge in [-0.3, -0.25) is 11.3 Å². The zero-order valence-electron chi connectivity index (χ0n) is 11.7. The number of hydrogen-bond acceptors (Lipinski definition) is 3. The Hall–Kier alpha value is -1.36. The molecule has 0 amide bonds. The number of ether oxygens (including phenoxy) is 1. The van der Waals surface area contributed by atoms with Gasteiger partial charge in [0.05, 0.1) is 13.2 Å². The number of nitrogens with two attached hydrogens (primary N) is 1. The number of methoxy groups -OCH3 is 1. The van der Waals surface area contributed by atoms with Crippen LogP contribution in [0.2, 0.25) is 0 Å². The molecule has 0 bridgehead atoms. The number of halogens is 1. The van der Waals surface area contributed by atoms with Crippen molar-refractivity contribution in [2.75, 3.05) is 7.11 Å². The maximum absolute atomic E-state index is 5.75. The number of rotatable bonds is 5. The molecule has 2 aromatic carbocycles. The quantitative estimate of drug-likeness (QED) is 0.649. The highest BCUT2D eigenvalue weighted by atomic mass is 79.9. The Morgan fingerprint density at radius 1 is 1.25 bits per heavy atom. The van der Waals surface area contributed by atoms with Crippen LogP contribution in [-0.2, 0) is 6.42 Å². The van der Waals surface area contributed by atoms with Crippen LogP contribution < -0.4 is 16.0 Å². The average Bonchev–Trinajstić information content (AvgIpc) is 2.46. The molecule has 2 aromatic rings. The summed E-state index contributed by atoms with van der Waals surface area (Å²) in [4.78, 5) is 0. The summed E-state index contributed by atoms with van der Waals surface area (Å²) < 4.78 is 6.46. The number of hydrazine groups is 1. The fourth-order valence-corrected chi connectivity index (χ4v) is 2.77. The van der Waals surface area contributed by atoms with Gasteiger partial charge in [0.15, 0.2) is 0 Å². The van der Waals surface area contributed by atoms with Crippen molar-refractivity contribution in [3.63, 3.8) is 0 Å². The first-order chi connectivity index (χ1) is 9.65. The largest absolute Gasteiger partial charge is 0.496 e. The highest BCUT2D eigenvalue weighted by Gasteiger charge is 2.15. The van der Waals surface area contributed by atoms with Crippen molar-refractivity contribution in [1.82, 2.24) is 5.43 Å². The molecule has 3 nitrogen and oxygen atoms in total. The van der Waals surface area contributed by atoms with Gasteiger partial charge in [-0.15, -0.1) is 0 Å². The second-order valence-electron chi connectivity index (χ2n) is 4.74. The lowest BCUT2D eigenvalue weighted by Gasteiger charge is -2.20. The summed E-state index contributed by atoms with van der Waals surface area (Å²) in [5.41, 5.74) is 6.46. The van der Waals surface area contributed by atoms with Gasteiger partial charge in [-0.25, -0.2) is 0 Å². The minimum atomic E-state index is 0.0550. The first kappa shape index (κ1) is 15.0. The third-order valence-corrected chi connectivity index (χ3v) is 3.92. The number of hydrogen-bond donors (Lipinski definition) is 2. The summed E-state index contributed by atoms with van der Waals surface area (Å²) in [5, 5.41) is 0. The molecule has 1 atom stereocenters. The summed E-state index contributed by atoms with van der Waals surface area (Å²) in [5.74, 6) is 6.63. The fraction of sp³-hybridized carbons (Fsp3) is 0.250. The van der Waals surface area contributed by atoms with Gasteiger partial charge in [0.2, 0.25) is 0 Å². The molecule has 106 valence electrons. The van der Waals surface area contributed by atoms with Crippen LogP contribution in [0.4, 0.5) is 0 Å². The molecule has 0 saturated carbocycles. The lowest BCUT2D eigenvalue weighted by molar-refractivity contribution is 0.405. The average molecular weight is 335 g/mol. The molecular weight excluding hydrogens is 316 g/mol. The predicted molar refractivity (Wildman–Crippen MR) is 85.6 cm³/mol. The first-order valence-corrected chi connectivity index (χ1v) is 7.29. The molecule has 0 spiro atoms. The molecule has 2 rings (SSSR count). The van der Waals surface area contributed by atoms with Crippen molar-refractivity contribution in [1.29, 1.82) is 0 Å². The third-order valence-electron chi connectivity index (χ3n) is 3.43. The molecule has 0 aliphatic heterocycles. The Morgan fingerprint density at radius 3 is 2.65 bits per heavy atom. The van der Waals surface area contributed by atoms with Gasteiger partial charge < -0.3 is 4.74 Å². The lowest BCUT2D eigenvalue weighted by atomic mass is 9.95. The van der Waals surface area contributed by atoms with Crippen LogP contribution in [0.15, 0.2) is 46.9 Å². The van der Waals surface area contributed by atoms with Crippen molar-refractivity contribution in [2.45, 2.75) is 19.4 Å². The molecule has 4 heteroatoms. The van der Waals surface area contributed by atoms with E-state index in [0.29, 0.717) is 0 Å². The fourth-order valence-electron chi connectivity index (χ4n) is 2.36. The van der Waals surface area contributed by atoms with E-state index in [2.05, 4.69) is 46.5 Å². The third kappa shape index (κ3) is 3.39. The van der Waals surface area contributed by atoms with Crippen LogP contribution >= 0.6 is 15.9 Å². The molecule has 0 aromatic heterocycles. The normalized spacial score (nSPS) is 12.2. The van der Waals surface area contributed by atoms with Crippen LogP contribution in [0.25, 0.3) is 0 Å². The monoisotopic (exact) mass is 334 g/mol. The molecule has 0 saturated heterocycles. The van der Waals surface area contributed by atoms with Gasteiger partial charge in [0.25, 0.3) is 0 Å². The molecule has 20 heavy (non-hydrogen) atoms. The lowest BCUT2D eigenvalue weighted by Crippen LogP contribution is -2.30. The Kier molecular flexibility index (Phi) is 5.17. The summed E-state index contributed by atoms with van der Waals surface area (Å²) in [6.45, 7) is 2.10. The zero-order valence-corrected chi connectivity index (χ0v) is 13.3. The number of aryl methyl sites for hydroxylation is 1. The maximum Gasteiger partial charge on any atom is 0.122 e. The molecule has 0 fully saturated rings. The van der Waals surface area contributed by atoms with E-state index in [1.54, 1.807) is 7.11 Å². The maximum atomic E-state index is 5.75. The van der Waals surface area contributed by atoms with Crippen LogP contribution in [0.1, 0.15) is 22.7 Å².